The van der Waals surface area contributed by atoms with Gasteiger partial charge in [-0.2, -0.15) is 0 Å². The second-order valence-corrected chi connectivity index (χ2v) is 10.6. The molecule has 5 aromatic rings. The Bertz CT molecular complexity index is 1770. The first kappa shape index (κ1) is 30.1. The standard InChI is InChI=1S/C34H36N6O4/c1-23-10-6-7-11-25(23)21-39(32(41)22-40-29-13-9-8-12-28(29)36-37-40)33(24-14-19-30(43-4)31(20-24)44-5)34(42)35-26-15-17-27(18-16-26)38(2)3/h6-20,33H,21-22H2,1-5H3,(H,35,42)/t33-/m0/s1. The molecule has 1 aromatic heterocycles. The van der Waals surface area contributed by atoms with Gasteiger partial charge in [0, 0.05) is 32.0 Å². The number of methoxy groups -OCH3 is 2. The van der Waals surface area contributed by atoms with Gasteiger partial charge in [0.15, 0.2) is 11.5 Å². The molecule has 5 rings (SSSR count). The monoisotopic (exact) mass is 592 g/mol. The van der Waals surface area contributed by atoms with Crippen molar-refractivity contribution < 1.29 is 19.1 Å². The molecule has 44 heavy (non-hydrogen) atoms. The number of para-hydroxylation sites is 1. The number of hydrogen-bond acceptors (Lipinski definition) is 7. The number of rotatable bonds is 11. The van der Waals surface area contributed by atoms with Crippen LogP contribution in [0.15, 0.2) is 91.0 Å². The summed E-state index contributed by atoms with van der Waals surface area (Å²) in [7, 11) is 6.99. The number of carbonyl (C=O) groups excluding carboxylic acids is 2. The number of nitrogens with one attached hydrogen (secondary N) is 1. The molecule has 0 aliphatic carbocycles. The van der Waals surface area contributed by atoms with Crippen LogP contribution in [0.1, 0.15) is 22.7 Å². The van der Waals surface area contributed by atoms with Crippen LogP contribution in [0.2, 0.25) is 0 Å². The van der Waals surface area contributed by atoms with Crippen LogP contribution in [0, 0.1) is 6.92 Å². The third-order valence-corrected chi connectivity index (χ3v) is 7.56. The van der Waals surface area contributed by atoms with Crippen molar-refractivity contribution >= 4 is 34.2 Å². The third kappa shape index (κ3) is 6.49. The highest BCUT2D eigenvalue weighted by atomic mass is 16.5. The molecule has 226 valence electrons. The Morgan fingerprint density at radius 1 is 0.886 bits per heavy atom. The fraction of sp³-hybridized carbons (Fsp3) is 0.235. The highest BCUT2D eigenvalue weighted by Crippen LogP contribution is 2.34. The van der Waals surface area contributed by atoms with Crippen LogP contribution < -0.4 is 19.7 Å². The summed E-state index contributed by atoms with van der Waals surface area (Å²) in [4.78, 5) is 32.2. The van der Waals surface area contributed by atoms with Crippen molar-refractivity contribution in [2.45, 2.75) is 26.1 Å². The molecule has 0 bridgehead atoms. The number of benzene rings is 4. The van der Waals surface area contributed by atoms with Crippen molar-refractivity contribution in [3.63, 3.8) is 0 Å². The maximum Gasteiger partial charge on any atom is 0.251 e. The van der Waals surface area contributed by atoms with E-state index in [9.17, 15) is 9.59 Å². The van der Waals surface area contributed by atoms with E-state index < -0.39 is 6.04 Å². The normalized spacial score (nSPS) is 11.6. The van der Waals surface area contributed by atoms with Crippen molar-refractivity contribution in [2.24, 2.45) is 0 Å². The molecule has 0 aliphatic rings. The number of hydrogen-bond donors (Lipinski definition) is 1. The largest absolute Gasteiger partial charge is 0.493 e. The molecule has 0 radical (unpaired) electrons. The number of fused-ring (bicyclic) bond motifs is 1. The zero-order chi connectivity index (χ0) is 31.2. The van der Waals surface area contributed by atoms with E-state index in [-0.39, 0.29) is 24.9 Å². The van der Waals surface area contributed by atoms with Crippen molar-refractivity contribution in [2.75, 3.05) is 38.5 Å². The maximum atomic E-state index is 14.3. The quantitative estimate of drug-likeness (QED) is 0.224. The summed E-state index contributed by atoms with van der Waals surface area (Å²) in [5, 5.41) is 11.5. The maximum absolute atomic E-state index is 14.3. The van der Waals surface area contributed by atoms with E-state index in [1.54, 1.807) is 34.9 Å². The summed E-state index contributed by atoms with van der Waals surface area (Å²) in [5.74, 6) is 0.284. The zero-order valence-corrected chi connectivity index (χ0v) is 25.5. The first-order chi connectivity index (χ1) is 21.3. The number of amides is 2. The van der Waals surface area contributed by atoms with E-state index in [1.165, 1.54) is 7.11 Å². The minimum absolute atomic E-state index is 0.110. The van der Waals surface area contributed by atoms with E-state index >= 15 is 0 Å². The highest BCUT2D eigenvalue weighted by molar-refractivity contribution is 5.98. The summed E-state index contributed by atoms with van der Waals surface area (Å²) in [6.45, 7) is 2.06. The molecule has 0 aliphatic heterocycles. The van der Waals surface area contributed by atoms with Gasteiger partial charge in [-0.1, -0.05) is 47.7 Å². The molecule has 0 fully saturated rings. The van der Waals surface area contributed by atoms with Crippen molar-refractivity contribution in [1.29, 1.82) is 0 Å². The number of aryl methyl sites for hydroxylation is 1. The average molecular weight is 593 g/mol. The van der Waals surface area contributed by atoms with Gasteiger partial charge in [0.25, 0.3) is 5.91 Å². The first-order valence-corrected chi connectivity index (χ1v) is 14.2. The molecule has 10 heteroatoms. The molecule has 1 N–H and O–H groups in total. The summed E-state index contributed by atoms with van der Waals surface area (Å²) >= 11 is 0. The molecule has 1 atom stereocenters. The van der Waals surface area contributed by atoms with E-state index in [4.69, 9.17) is 9.47 Å². The van der Waals surface area contributed by atoms with Gasteiger partial charge in [-0.3, -0.25) is 9.59 Å². The van der Waals surface area contributed by atoms with E-state index in [1.807, 2.05) is 98.7 Å². The lowest BCUT2D eigenvalue weighted by atomic mass is 10.0. The predicted molar refractivity (Wildman–Crippen MR) is 171 cm³/mol. The molecule has 10 nitrogen and oxygen atoms in total. The highest BCUT2D eigenvalue weighted by Gasteiger charge is 2.33. The summed E-state index contributed by atoms with van der Waals surface area (Å²) < 4.78 is 12.6. The van der Waals surface area contributed by atoms with Gasteiger partial charge in [-0.05, 0) is 72.1 Å². The molecule has 0 unspecified atom stereocenters. The second kappa shape index (κ2) is 13.3. The van der Waals surface area contributed by atoms with Crippen LogP contribution in [0.3, 0.4) is 0 Å². The Labute approximate surface area is 256 Å². The smallest absolute Gasteiger partial charge is 0.251 e. The Kier molecular flexibility index (Phi) is 9.09. The van der Waals surface area contributed by atoms with Gasteiger partial charge in [-0.15, -0.1) is 5.10 Å². The Balaban J connectivity index is 1.59. The van der Waals surface area contributed by atoms with Crippen LogP contribution in [-0.2, 0) is 22.7 Å². The molecule has 2 amide bonds. The Morgan fingerprint density at radius 2 is 1.59 bits per heavy atom. The zero-order valence-electron chi connectivity index (χ0n) is 25.5. The summed E-state index contributed by atoms with van der Waals surface area (Å²) in [6.07, 6.45) is 0. The Morgan fingerprint density at radius 3 is 2.30 bits per heavy atom. The fourth-order valence-electron chi connectivity index (χ4n) is 5.10. The minimum atomic E-state index is -1.02. The van der Waals surface area contributed by atoms with Crippen molar-refractivity contribution in [3.8, 4) is 11.5 Å². The molecular formula is C34H36N6O4. The summed E-state index contributed by atoms with van der Waals surface area (Å²) in [6, 6.07) is 27.0. The summed E-state index contributed by atoms with van der Waals surface area (Å²) in [5.41, 5.74) is 5.49. The lowest BCUT2D eigenvalue weighted by Crippen LogP contribution is -2.42. The van der Waals surface area contributed by atoms with Crippen LogP contribution >= 0.6 is 0 Å². The fourth-order valence-corrected chi connectivity index (χ4v) is 5.10. The van der Waals surface area contributed by atoms with Crippen LogP contribution in [-0.4, -0.2) is 60.0 Å². The van der Waals surface area contributed by atoms with E-state index in [2.05, 4.69) is 15.6 Å². The number of nitrogens with zero attached hydrogens (tertiary/aromatic N) is 5. The molecule has 1 heterocycles. The van der Waals surface area contributed by atoms with Crippen LogP contribution in [0.25, 0.3) is 11.0 Å². The number of carbonyl (C=O) groups is 2. The SMILES string of the molecule is COc1ccc([C@@H](C(=O)Nc2ccc(N(C)C)cc2)N(Cc2ccccc2C)C(=O)Cn2nnc3ccccc32)cc1OC. The minimum Gasteiger partial charge on any atom is -0.493 e. The van der Waals surface area contributed by atoms with E-state index in [0.717, 1.165) is 22.3 Å². The lowest BCUT2D eigenvalue weighted by molar-refractivity contribution is -0.140. The first-order valence-electron chi connectivity index (χ1n) is 14.2. The Hall–Kier alpha value is -5.38. The third-order valence-electron chi connectivity index (χ3n) is 7.56. The predicted octanol–water partition coefficient (Wildman–Crippen LogP) is 5.23. The topological polar surface area (TPSA) is 102 Å². The number of ether oxygens (including phenoxy) is 2. The molecule has 0 saturated carbocycles. The van der Waals surface area contributed by atoms with Gasteiger partial charge >= 0.3 is 0 Å². The number of aromatic nitrogens is 3. The van der Waals surface area contributed by atoms with Gasteiger partial charge in [-0.25, -0.2) is 4.68 Å². The number of anilines is 2. The van der Waals surface area contributed by atoms with Crippen LogP contribution in [0.5, 0.6) is 11.5 Å². The van der Waals surface area contributed by atoms with Gasteiger partial charge in [0.1, 0.15) is 18.1 Å². The van der Waals surface area contributed by atoms with Gasteiger partial charge in [0.2, 0.25) is 5.91 Å². The molecule has 0 spiro atoms. The van der Waals surface area contributed by atoms with Crippen molar-refractivity contribution in [3.05, 3.63) is 108 Å². The van der Waals surface area contributed by atoms with E-state index in [0.29, 0.717) is 28.3 Å². The lowest BCUT2D eigenvalue weighted by Gasteiger charge is -2.32. The van der Waals surface area contributed by atoms with Crippen molar-refractivity contribution in [1.82, 2.24) is 19.9 Å². The molecule has 0 saturated heterocycles. The van der Waals surface area contributed by atoms with Gasteiger partial charge in [0.05, 0.1) is 19.7 Å². The average Bonchev–Trinajstić information content (AvgIpc) is 3.44. The molecular weight excluding hydrogens is 556 g/mol. The second-order valence-electron chi connectivity index (χ2n) is 10.6. The van der Waals surface area contributed by atoms with Gasteiger partial charge < -0.3 is 24.6 Å². The van der Waals surface area contributed by atoms with Crippen LogP contribution in [0.4, 0.5) is 11.4 Å². The molecule has 4 aromatic carbocycles.